The molecule has 0 bridgehead atoms. The second-order valence-electron chi connectivity index (χ2n) is 7.63. The van der Waals surface area contributed by atoms with Crippen LogP contribution in [0.3, 0.4) is 0 Å². The fraction of sp³-hybridized carbons (Fsp3) is 0.269. The third-order valence-corrected chi connectivity index (χ3v) is 6.58. The van der Waals surface area contributed by atoms with Crippen molar-refractivity contribution < 1.29 is 23.8 Å². The Morgan fingerprint density at radius 3 is 2.24 bits per heavy atom. The number of rotatable bonds is 7. The molecule has 1 fully saturated rings. The molecule has 34 heavy (non-hydrogen) atoms. The number of hydrogen-bond donors (Lipinski definition) is 0. The first kappa shape index (κ1) is 23.6. The number of pyridine rings is 1. The zero-order valence-electron chi connectivity index (χ0n) is 19.4. The number of aromatic nitrogens is 1. The number of benzene rings is 2. The average molecular weight is 479 g/mol. The van der Waals surface area contributed by atoms with Crippen molar-refractivity contribution in [1.29, 1.82) is 0 Å². The number of carbonyl (C=O) groups is 2. The summed E-state index contributed by atoms with van der Waals surface area (Å²) in [4.78, 5) is 31.8. The number of amides is 1. The van der Waals surface area contributed by atoms with Gasteiger partial charge in [-0.1, -0.05) is 12.1 Å². The summed E-state index contributed by atoms with van der Waals surface area (Å²) in [5, 5.41) is 0.774. The third-order valence-electron chi connectivity index (χ3n) is 5.64. The topological polar surface area (TPSA) is 78.0 Å². The molecule has 0 unspecified atom stereocenters. The Kier molecular flexibility index (Phi) is 7.37. The van der Waals surface area contributed by atoms with E-state index < -0.39 is 0 Å². The van der Waals surface area contributed by atoms with Gasteiger partial charge in [-0.05, 0) is 36.4 Å². The van der Waals surface area contributed by atoms with E-state index in [1.54, 1.807) is 63.8 Å². The molecule has 1 amide bonds. The van der Waals surface area contributed by atoms with Crippen molar-refractivity contribution in [3.05, 3.63) is 65.4 Å². The lowest BCUT2D eigenvalue weighted by molar-refractivity contribution is 0.0772. The first-order valence-electron chi connectivity index (χ1n) is 10.8. The standard InChI is InChI=1S/C26H26N2O5S/c1-31-23-16-21-20(24(32-2)25(23)33-3)10-8-19(27-21)9-11-22(29)17-4-6-18(7-5-17)26(30)28-12-14-34-15-13-28/h4-11,16H,12-15H2,1-3H3/b11-9+. The maximum atomic E-state index is 12.7. The highest BCUT2D eigenvalue weighted by Gasteiger charge is 2.19. The van der Waals surface area contributed by atoms with Crippen LogP contribution in [0.15, 0.2) is 48.5 Å². The van der Waals surface area contributed by atoms with Crippen LogP contribution >= 0.6 is 11.8 Å². The monoisotopic (exact) mass is 478 g/mol. The van der Waals surface area contributed by atoms with Crippen LogP contribution in [0, 0.1) is 0 Å². The van der Waals surface area contributed by atoms with Gasteiger partial charge in [0.25, 0.3) is 5.91 Å². The van der Waals surface area contributed by atoms with Crippen LogP contribution in [0.2, 0.25) is 0 Å². The fourth-order valence-electron chi connectivity index (χ4n) is 3.84. The Hall–Kier alpha value is -3.52. The summed E-state index contributed by atoms with van der Waals surface area (Å²) in [6.07, 6.45) is 3.14. The van der Waals surface area contributed by atoms with Crippen LogP contribution in [-0.2, 0) is 0 Å². The van der Waals surface area contributed by atoms with Crippen molar-refractivity contribution in [2.75, 3.05) is 45.9 Å². The number of allylic oxidation sites excluding steroid dienone is 1. The lowest BCUT2D eigenvalue weighted by Gasteiger charge is -2.26. The van der Waals surface area contributed by atoms with Gasteiger partial charge in [0.2, 0.25) is 5.75 Å². The molecule has 1 aliphatic heterocycles. The first-order valence-corrected chi connectivity index (χ1v) is 12.0. The van der Waals surface area contributed by atoms with Crippen molar-refractivity contribution >= 4 is 40.4 Å². The minimum Gasteiger partial charge on any atom is -0.493 e. The molecule has 7 nitrogen and oxygen atoms in total. The second kappa shape index (κ2) is 10.6. The molecule has 1 saturated heterocycles. The molecular weight excluding hydrogens is 452 g/mol. The van der Waals surface area contributed by atoms with Crippen molar-refractivity contribution in [2.24, 2.45) is 0 Å². The summed E-state index contributed by atoms with van der Waals surface area (Å²) >= 11 is 1.86. The largest absolute Gasteiger partial charge is 0.493 e. The zero-order valence-corrected chi connectivity index (χ0v) is 20.2. The number of carbonyl (C=O) groups excluding carboxylic acids is 2. The lowest BCUT2D eigenvalue weighted by atomic mass is 10.1. The number of fused-ring (bicyclic) bond motifs is 1. The van der Waals surface area contributed by atoms with E-state index in [0.717, 1.165) is 30.0 Å². The van der Waals surface area contributed by atoms with Crippen LogP contribution in [0.5, 0.6) is 17.2 Å². The smallest absolute Gasteiger partial charge is 0.253 e. The Morgan fingerprint density at radius 2 is 1.59 bits per heavy atom. The predicted molar refractivity (Wildman–Crippen MR) is 134 cm³/mol. The van der Waals surface area contributed by atoms with E-state index in [4.69, 9.17) is 14.2 Å². The summed E-state index contributed by atoms with van der Waals surface area (Å²) < 4.78 is 16.3. The Morgan fingerprint density at radius 1 is 0.912 bits per heavy atom. The van der Waals surface area contributed by atoms with Crippen LogP contribution in [0.4, 0.5) is 0 Å². The van der Waals surface area contributed by atoms with E-state index in [9.17, 15) is 9.59 Å². The number of nitrogens with zero attached hydrogens (tertiary/aromatic N) is 2. The number of methoxy groups -OCH3 is 3. The fourth-order valence-corrected chi connectivity index (χ4v) is 4.74. The van der Waals surface area contributed by atoms with E-state index >= 15 is 0 Å². The maximum absolute atomic E-state index is 12.7. The van der Waals surface area contributed by atoms with Gasteiger partial charge in [0, 0.05) is 47.2 Å². The predicted octanol–water partition coefficient (Wildman–Crippen LogP) is 4.35. The molecule has 0 spiro atoms. The van der Waals surface area contributed by atoms with Gasteiger partial charge in [0.1, 0.15) is 0 Å². The molecule has 0 atom stereocenters. The van der Waals surface area contributed by atoms with E-state index in [0.29, 0.717) is 39.6 Å². The van der Waals surface area contributed by atoms with Gasteiger partial charge in [-0.3, -0.25) is 9.59 Å². The molecule has 1 aromatic heterocycles. The van der Waals surface area contributed by atoms with E-state index in [1.165, 1.54) is 6.08 Å². The first-order chi connectivity index (χ1) is 16.5. The summed E-state index contributed by atoms with van der Waals surface area (Å²) in [6, 6.07) is 12.2. The maximum Gasteiger partial charge on any atom is 0.253 e. The quantitative estimate of drug-likeness (QED) is 0.369. The molecule has 4 rings (SSSR count). The van der Waals surface area contributed by atoms with Gasteiger partial charge in [0.15, 0.2) is 17.3 Å². The Balaban J connectivity index is 1.52. The number of ether oxygens (including phenoxy) is 3. The molecular formula is C26H26N2O5S. The van der Waals surface area contributed by atoms with Crippen LogP contribution in [-0.4, -0.2) is 67.5 Å². The van der Waals surface area contributed by atoms with Gasteiger partial charge in [-0.25, -0.2) is 4.98 Å². The van der Waals surface area contributed by atoms with Crippen molar-refractivity contribution in [2.45, 2.75) is 0 Å². The molecule has 0 saturated carbocycles. The second-order valence-corrected chi connectivity index (χ2v) is 8.85. The molecule has 0 N–H and O–H groups in total. The SMILES string of the molecule is COc1cc2nc(/C=C/C(=O)c3ccc(C(=O)N4CCSCC4)cc3)ccc2c(OC)c1OC. The van der Waals surface area contributed by atoms with Crippen LogP contribution in [0.25, 0.3) is 17.0 Å². The van der Waals surface area contributed by atoms with Gasteiger partial charge in [-0.2, -0.15) is 11.8 Å². The van der Waals surface area contributed by atoms with Gasteiger partial charge >= 0.3 is 0 Å². The van der Waals surface area contributed by atoms with Crippen molar-refractivity contribution in [1.82, 2.24) is 9.88 Å². The lowest BCUT2D eigenvalue weighted by Crippen LogP contribution is -2.37. The van der Waals surface area contributed by atoms with Gasteiger partial charge < -0.3 is 19.1 Å². The molecule has 2 heterocycles. The molecule has 0 radical (unpaired) electrons. The minimum absolute atomic E-state index is 0.0118. The zero-order chi connectivity index (χ0) is 24.1. The van der Waals surface area contributed by atoms with Crippen LogP contribution < -0.4 is 14.2 Å². The van der Waals surface area contributed by atoms with Crippen molar-refractivity contribution in [3.8, 4) is 17.2 Å². The van der Waals surface area contributed by atoms with Gasteiger partial charge in [-0.15, -0.1) is 0 Å². The summed E-state index contributed by atoms with van der Waals surface area (Å²) in [7, 11) is 4.67. The highest BCUT2D eigenvalue weighted by Crippen LogP contribution is 2.42. The van der Waals surface area contributed by atoms with E-state index in [-0.39, 0.29) is 11.7 Å². The summed E-state index contributed by atoms with van der Waals surface area (Å²) in [6.45, 7) is 1.52. The summed E-state index contributed by atoms with van der Waals surface area (Å²) in [5.41, 5.74) is 2.38. The number of ketones is 1. The number of thioether (sulfide) groups is 1. The number of hydrogen-bond acceptors (Lipinski definition) is 7. The molecule has 3 aromatic rings. The molecule has 2 aromatic carbocycles. The van der Waals surface area contributed by atoms with E-state index in [1.807, 2.05) is 22.7 Å². The third kappa shape index (κ3) is 4.87. The summed E-state index contributed by atoms with van der Waals surface area (Å²) in [5.74, 6) is 3.31. The van der Waals surface area contributed by atoms with Crippen molar-refractivity contribution in [3.63, 3.8) is 0 Å². The molecule has 0 aliphatic carbocycles. The highest BCUT2D eigenvalue weighted by atomic mass is 32.2. The minimum atomic E-state index is -0.167. The van der Waals surface area contributed by atoms with Crippen LogP contribution in [0.1, 0.15) is 26.4 Å². The van der Waals surface area contributed by atoms with E-state index in [2.05, 4.69) is 4.98 Å². The normalized spacial score (nSPS) is 13.8. The Labute approximate surface area is 202 Å². The highest BCUT2D eigenvalue weighted by molar-refractivity contribution is 7.99. The molecule has 1 aliphatic rings. The molecule has 176 valence electrons. The van der Waals surface area contributed by atoms with Gasteiger partial charge in [0.05, 0.1) is 32.5 Å². The molecule has 8 heteroatoms. The Bertz CT molecular complexity index is 1230. The average Bonchev–Trinajstić information content (AvgIpc) is 2.90.